The zero-order chi connectivity index (χ0) is 4.50. The molecule has 1 N–H and O–H groups in total. The van der Waals surface area contributed by atoms with Gasteiger partial charge in [0.1, 0.15) is 0 Å². The summed E-state index contributed by atoms with van der Waals surface area (Å²) in [5, 5.41) is 0. The fourth-order valence-electron chi connectivity index (χ4n) is 0. The Kier molecular flexibility index (Phi) is 5.30. The molecule has 0 saturated carbocycles. The molecule has 3 nitrogen and oxygen atoms in total. The van der Waals surface area contributed by atoms with Gasteiger partial charge in [0.25, 0.3) is 0 Å². The van der Waals surface area contributed by atoms with E-state index in [1.807, 2.05) is 0 Å². The minimum Gasteiger partial charge on any atom is -0.260 e. The molecule has 0 bridgehead atoms. The number of rotatable bonds is 0. The van der Waals surface area contributed by atoms with Crippen molar-refractivity contribution in [1.29, 1.82) is 0 Å². The zero-order valence-corrected chi connectivity index (χ0v) is 5.01. The second-order valence-corrected chi connectivity index (χ2v) is 1.24. The molecule has 6 heavy (non-hydrogen) atoms. The normalized spacial score (nSPS) is 9.67. The first-order valence-electron chi connectivity index (χ1n) is 0.670. The third-order valence-electron chi connectivity index (χ3n) is 0. The van der Waals surface area contributed by atoms with Gasteiger partial charge in [-0.3, -0.25) is 4.55 Å². The first-order chi connectivity index (χ1) is 2.00. The molecule has 0 aromatic carbocycles. The van der Waals surface area contributed by atoms with E-state index in [0.29, 0.717) is 0 Å². The van der Waals surface area contributed by atoms with Gasteiger partial charge in [-0.05, 0) is 0 Å². The number of hydrogen-bond acceptors (Lipinski definition) is 2. The summed E-state index contributed by atoms with van der Waals surface area (Å²) in [7, 11) is -5.17. The summed E-state index contributed by atoms with van der Waals surface area (Å²) in [5.74, 6) is 0. The first kappa shape index (κ1) is 10.1. The molecule has 0 saturated heterocycles. The molecule has 0 spiro atoms. The molecule has 0 aromatic heterocycles. The fraction of sp³-hybridized carbons (Fsp3) is 0. The molecule has 44 valence electrons. The van der Waals surface area contributed by atoms with E-state index in [9.17, 15) is 3.89 Å². The Morgan fingerprint density at radius 3 is 1.50 bits per heavy atom. The SMILES string of the molecule is O=S(=O)(O)F.[Er]. The molecule has 0 amide bonds. The van der Waals surface area contributed by atoms with Gasteiger partial charge < -0.3 is 0 Å². The standard InChI is InChI=1S/Er.FHO3S/c;1-5(2,3)4/h;(H,2,3,4). The van der Waals surface area contributed by atoms with Crippen molar-refractivity contribution in [2.45, 2.75) is 0 Å². The molecule has 6 heteroatoms. The van der Waals surface area contributed by atoms with Crippen molar-refractivity contribution in [3.8, 4) is 0 Å². The van der Waals surface area contributed by atoms with Crippen molar-refractivity contribution in [2.75, 3.05) is 0 Å². The van der Waals surface area contributed by atoms with E-state index in [0.717, 1.165) is 0 Å². The summed E-state index contributed by atoms with van der Waals surface area (Å²) >= 11 is 0. The zero-order valence-electron chi connectivity index (χ0n) is 2.34. The van der Waals surface area contributed by atoms with E-state index in [1.165, 1.54) is 0 Å². The van der Waals surface area contributed by atoms with Crippen LogP contribution in [-0.4, -0.2) is 13.0 Å². The summed E-state index contributed by atoms with van der Waals surface area (Å²) < 4.78 is 34.1. The summed E-state index contributed by atoms with van der Waals surface area (Å²) in [6.07, 6.45) is 0. The molecule has 0 heterocycles. The van der Waals surface area contributed by atoms with Gasteiger partial charge in [-0.2, -0.15) is 8.42 Å². The van der Waals surface area contributed by atoms with Crippen LogP contribution in [0, 0.1) is 37.3 Å². The van der Waals surface area contributed by atoms with Crippen LogP contribution in [0.4, 0.5) is 3.89 Å². The molecule has 0 atom stereocenters. The van der Waals surface area contributed by atoms with Crippen LogP contribution in [0.1, 0.15) is 0 Å². The van der Waals surface area contributed by atoms with E-state index < -0.39 is 10.5 Å². The van der Waals surface area contributed by atoms with Crippen LogP contribution in [0.25, 0.3) is 0 Å². The predicted octanol–water partition coefficient (Wildman–Crippen LogP) is -0.241. The molecule has 0 aliphatic rings. The van der Waals surface area contributed by atoms with E-state index in [2.05, 4.69) is 0 Å². The Labute approximate surface area is 64.2 Å². The maximum atomic E-state index is 10.2. The molecular weight excluding hydrogens is 266 g/mol. The smallest absolute Gasteiger partial charge is 0.260 e. The van der Waals surface area contributed by atoms with Crippen LogP contribution < -0.4 is 0 Å². The van der Waals surface area contributed by atoms with Gasteiger partial charge >= 0.3 is 10.5 Å². The van der Waals surface area contributed by atoms with Gasteiger partial charge in [-0.1, -0.05) is 3.89 Å². The number of halogens is 1. The van der Waals surface area contributed by atoms with E-state index in [-0.39, 0.29) is 37.3 Å². The fourth-order valence-corrected chi connectivity index (χ4v) is 0. The predicted molar refractivity (Wildman–Crippen MR) is 12.7 cm³/mol. The first-order valence-corrected chi connectivity index (χ1v) is 2.01. The average Bonchev–Trinajstić information content (AvgIpc) is 0.722. The van der Waals surface area contributed by atoms with Gasteiger partial charge in [0.15, 0.2) is 0 Å². The summed E-state index contributed by atoms with van der Waals surface area (Å²) in [5.41, 5.74) is 0. The van der Waals surface area contributed by atoms with Gasteiger partial charge in [-0.15, -0.1) is 0 Å². The van der Waals surface area contributed by atoms with Crippen molar-refractivity contribution in [1.82, 2.24) is 0 Å². The minimum absolute atomic E-state index is 0. The molecule has 0 rings (SSSR count). The number of hydrogen-bond donors (Lipinski definition) is 1. The quantitative estimate of drug-likeness (QED) is 0.487. The van der Waals surface area contributed by atoms with Crippen LogP contribution >= 0.6 is 0 Å². The van der Waals surface area contributed by atoms with Crippen LogP contribution in [0.2, 0.25) is 0 Å². The summed E-state index contributed by atoms with van der Waals surface area (Å²) in [4.78, 5) is 0. The molecule has 0 radical (unpaired) electrons. The Morgan fingerprint density at radius 2 is 1.50 bits per heavy atom. The molecule has 0 aliphatic heterocycles. The molecule has 0 fully saturated rings. The van der Waals surface area contributed by atoms with Crippen LogP contribution in [0.15, 0.2) is 0 Å². The van der Waals surface area contributed by atoms with E-state index in [4.69, 9.17) is 13.0 Å². The second-order valence-electron chi connectivity index (χ2n) is 0.412. The maximum absolute atomic E-state index is 10.2. The molecule has 0 aliphatic carbocycles. The molecule has 0 unspecified atom stereocenters. The van der Waals surface area contributed by atoms with Crippen molar-refractivity contribution < 1.29 is 54.2 Å². The van der Waals surface area contributed by atoms with Gasteiger partial charge in [-0.25, -0.2) is 0 Å². The topological polar surface area (TPSA) is 54.4 Å². The van der Waals surface area contributed by atoms with E-state index in [1.54, 1.807) is 0 Å². The van der Waals surface area contributed by atoms with Crippen molar-refractivity contribution in [3.63, 3.8) is 0 Å². The van der Waals surface area contributed by atoms with Gasteiger partial charge in [0.2, 0.25) is 0 Å². The van der Waals surface area contributed by atoms with Gasteiger partial charge in [0.05, 0.1) is 0 Å². The molecular formula is HErFO3S. The summed E-state index contributed by atoms with van der Waals surface area (Å²) in [6.45, 7) is 0. The van der Waals surface area contributed by atoms with Crippen molar-refractivity contribution in [2.24, 2.45) is 0 Å². The van der Waals surface area contributed by atoms with Crippen LogP contribution in [0.5, 0.6) is 0 Å². The average molecular weight is 267 g/mol. The Morgan fingerprint density at radius 1 is 1.50 bits per heavy atom. The second kappa shape index (κ2) is 3.14. The van der Waals surface area contributed by atoms with Crippen molar-refractivity contribution >= 4 is 10.5 Å². The summed E-state index contributed by atoms with van der Waals surface area (Å²) in [6, 6.07) is 0. The van der Waals surface area contributed by atoms with Crippen LogP contribution in [0.3, 0.4) is 0 Å². The van der Waals surface area contributed by atoms with Crippen LogP contribution in [-0.2, 0) is 10.5 Å². The largest absolute Gasteiger partial charge is 0.435 e. The van der Waals surface area contributed by atoms with E-state index >= 15 is 0 Å². The Bertz CT molecular complexity index is 94.0. The Balaban J connectivity index is 0. The van der Waals surface area contributed by atoms with Crippen molar-refractivity contribution in [3.05, 3.63) is 0 Å². The van der Waals surface area contributed by atoms with Gasteiger partial charge in [0, 0.05) is 37.3 Å². The third kappa shape index (κ3) is 71.9. The maximum Gasteiger partial charge on any atom is 0.435 e. The molecule has 0 aromatic rings. The third-order valence-corrected chi connectivity index (χ3v) is 0. The minimum atomic E-state index is -5.17. The monoisotopic (exact) mass is 266 g/mol. The Hall–Kier alpha value is 1.09.